The Labute approximate surface area is 214 Å². The highest BCUT2D eigenvalue weighted by Crippen LogP contribution is 2.29. The molecule has 0 bridgehead atoms. The molecule has 0 aliphatic carbocycles. The number of benzene rings is 1. The summed E-state index contributed by atoms with van der Waals surface area (Å²) in [6.45, 7) is 2.67. The first-order valence-corrected chi connectivity index (χ1v) is 12.9. The zero-order valence-corrected chi connectivity index (χ0v) is 21.3. The number of ether oxygens (including phenoxy) is 2. The zero-order valence-electron chi connectivity index (χ0n) is 21.3. The fraction of sp³-hybridized carbons (Fsp3) is 0.483. The average molecular weight is 492 g/mol. The van der Waals surface area contributed by atoms with Gasteiger partial charge in [-0.3, -0.25) is 14.6 Å². The van der Waals surface area contributed by atoms with Crippen LogP contribution in [0.5, 0.6) is 5.75 Å². The maximum Gasteiger partial charge on any atom is 0.246 e. The number of carbonyl (C=O) groups is 2. The van der Waals surface area contributed by atoms with Gasteiger partial charge in [-0.15, -0.1) is 0 Å². The number of pyridine rings is 1. The van der Waals surface area contributed by atoms with E-state index >= 15 is 0 Å². The average Bonchev–Trinajstić information content (AvgIpc) is 2.95. The lowest BCUT2D eigenvalue weighted by atomic mass is 9.84. The molecular formula is C29H37N3O4. The summed E-state index contributed by atoms with van der Waals surface area (Å²) in [6, 6.07) is 13.8. The molecule has 36 heavy (non-hydrogen) atoms. The lowest BCUT2D eigenvalue weighted by molar-refractivity contribution is -0.141. The standard InChI is InChI=1S/C29H37N3O4/c1-31(29(34)24-13-18-36-19-14-24)27(21-22-6-5-8-26(20-22)35-2)23-11-16-32(17-12-23)28(33)10-9-25-7-3-4-15-30-25/h3-10,15,20,23-24,27H,11-14,16-19,21H2,1-2H3/b10-9+. The molecule has 1 aromatic carbocycles. The molecular weight excluding hydrogens is 454 g/mol. The van der Waals surface area contributed by atoms with Crippen LogP contribution in [0.4, 0.5) is 0 Å². The van der Waals surface area contributed by atoms with Crippen molar-refractivity contribution in [3.63, 3.8) is 0 Å². The van der Waals surface area contributed by atoms with Crippen LogP contribution in [-0.4, -0.2) is 73.1 Å². The van der Waals surface area contributed by atoms with Crippen molar-refractivity contribution >= 4 is 17.9 Å². The molecule has 0 N–H and O–H groups in total. The molecule has 7 nitrogen and oxygen atoms in total. The number of likely N-dealkylation sites (tertiary alicyclic amines) is 1. The van der Waals surface area contributed by atoms with E-state index in [-0.39, 0.29) is 23.8 Å². The summed E-state index contributed by atoms with van der Waals surface area (Å²) in [5.41, 5.74) is 1.93. The molecule has 192 valence electrons. The summed E-state index contributed by atoms with van der Waals surface area (Å²) in [5.74, 6) is 1.38. The van der Waals surface area contributed by atoms with E-state index in [1.54, 1.807) is 25.5 Å². The van der Waals surface area contributed by atoms with Gasteiger partial charge in [0.25, 0.3) is 0 Å². The first kappa shape index (κ1) is 25.9. The van der Waals surface area contributed by atoms with Gasteiger partial charge < -0.3 is 19.3 Å². The fourth-order valence-electron chi connectivity index (χ4n) is 5.30. The minimum Gasteiger partial charge on any atom is -0.497 e. The van der Waals surface area contributed by atoms with Crippen LogP contribution in [-0.2, 0) is 20.7 Å². The summed E-state index contributed by atoms with van der Waals surface area (Å²) in [7, 11) is 3.63. The number of hydrogen-bond donors (Lipinski definition) is 0. The van der Waals surface area contributed by atoms with E-state index in [0.717, 1.165) is 49.1 Å². The predicted molar refractivity (Wildman–Crippen MR) is 139 cm³/mol. The van der Waals surface area contributed by atoms with Crippen molar-refractivity contribution in [2.75, 3.05) is 40.5 Å². The van der Waals surface area contributed by atoms with Gasteiger partial charge in [-0.25, -0.2) is 0 Å². The lowest BCUT2D eigenvalue weighted by Gasteiger charge is -2.41. The molecule has 0 radical (unpaired) electrons. The molecule has 2 fully saturated rings. The minimum atomic E-state index is 0.00934. The summed E-state index contributed by atoms with van der Waals surface area (Å²) < 4.78 is 10.9. The number of rotatable bonds is 8. The summed E-state index contributed by atoms with van der Waals surface area (Å²) in [6.07, 6.45) is 9.15. The lowest BCUT2D eigenvalue weighted by Crippen LogP contribution is -2.50. The smallest absolute Gasteiger partial charge is 0.246 e. The highest BCUT2D eigenvalue weighted by Gasteiger charge is 2.35. The van der Waals surface area contributed by atoms with Crippen LogP contribution in [0.3, 0.4) is 0 Å². The van der Waals surface area contributed by atoms with E-state index in [4.69, 9.17) is 9.47 Å². The molecule has 2 saturated heterocycles. The number of aromatic nitrogens is 1. The Hall–Kier alpha value is -3.19. The van der Waals surface area contributed by atoms with Crippen molar-refractivity contribution < 1.29 is 19.1 Å². The number of carbonyl (C=O) groups excluding carboxylic acids is 2. The molecule has 1 atom stereocenters. The number of piperidine rings is 1. The topological polar surface area (TPSA) is 72.0 Å². The van der Waals surface area contributed by atoms with Crippen LogP contribution in [0.2, 0.25) is 0 Å². The number of amides is 2. The van der Waals surface area contributed by atoms with E-state index in [0.29, 0.717) is 32.2 Å². The van der Waals surface area contributed by atoms with Crippen LogP contribution in [0.1, 0.15) is 36.9 Å². The van der Waals surface area contributed by atoms with Crippen molar-refractivity contribution in [3.8, 4) is 5.75 Å². The van der Waals surface area contributed by atoms with Gasteiger partial charge in [-0.05, 0) is 73.9 Å². The largest absolute Gasteiger partial charge is 0.497 e. The second-order valence-corrected chi connectivity index (χ2v) is 9.71. The Morgan fingerprint density at radius 2 is 1.92 bits per heavy atom. The molecule has 1 aromatic heterocycles. The molecule has 3 heterocycles. The summed E-state index contributed by atoms with van der Waals surface area (Å²) in [4.78, 5) is 34.4. The highest BCUT2D eigenvalue weighted by molar-refractivity contribution is 5.91. The van der Waals surface area contributed by atoms with Crippen LogP contribution in [0.15, 0.2) is 54.7 Å². The Kier molecular flexibility index (Phi) is 9.11. The van der Waals surface area contributed by atoms with Gasteiger partial charge in [0.05, 0.1) is 12.8 Å². The molecule has 2 amide bonds. The van der Waals surface area contributed by atoms with Crippen molar-refractivity contribution in [2.24, 2.45) is 11.8 Å². The van der Waals surface area contributed by atoms with Crippen LogP contribution < -0.4 is 4.74 Å². The second-order valence-electron chi connectivity index (χ2n) is 9.71. The van der Waals surface area contributed by atoms with Crippen LogP contribution >= 0.6 is 0 Å². The Balaban J connectivity index is 1.44. The number of methoxy groups -OCH3 is 1. The normalized spacial score (nSPS) is 18.2. The zero-order chi connectivity index (χ0) is 25.3. The van der Waals surface area contributed by atoms with Gasteiger partial charge in [0.2, 0.25) is 11.8 Å². The Morgan fingerprint density at radius 3 is 2.61 bits per heavy atom. The van der Waals surface area contributed by atoms with Gasteiger partial charge in [0, 0.05) is 57.6 Å². The highest BCUT2D eigenvalue weighted by atomic mass is 16.5. The third-order valence-corrected chi connectivity index (χ3v) is 7.47. The van der Waals surface area contributed by atoms with Gasteiger partial charge in [-0.2, -0.15) is 0 Å². The van der Waals surface area contributed by atoms with Crippen molar-refractivity contribution in [1.82, 2.24) is 14.8 Å². The van der Waals surface area contributed by atoms with Crippen molar-refractivity contribution in [3.05, 3.63) is 66.0 Å². The first-order valence-electron chi connectivity index (χ1n) is 12.9. The van der Waals surface area contributed by atoms with Crippen LogP contribution in [0.25, 0.3) is 6.08 Å². The quantitative estimate of drug-likeness (QED) is 0.525. The third-order valence-electron chi connectivity index (χ3n) is 7.47. The Morgan fingerprint density at radius 1 is 1.14 bits per heavy atom. The molecule has 1 unspecified atom stereocenters. The second kappa shape index (κ2) is 12.7. The van der Waals surface area contributed by atoms with Gasteiger partial charge in [-0.1, -0.05) is 18.2 Å². The van der Waals surface area contributed by atoms with E-state index in [9.17, 15) is 9.59 Å². The molecule has 2 aromatic rings. The number of likely N-dealkylation sites (N-methyl/N-ethyl adjacent to an activating group) is 1. The summed E-state index contributed by atoms with van der Waals surface area (Å²) in [5, 5.41) is 0. The molecule has 2 aliphatic heterocycles. The van der Waals surface area contributed by atoms with Gasteiger partial charge in [0.1, 0.15) is 5.75 Å². The maximum atomic E-state index is 13.5. The summed E-state index contributed by atoms with van der Waals surface area (Å²) >= 11 is 0. The minimum absolute atomic E-state index is 0.00934. The molecule has 0 saturated carbocycles. The fourth-order valence-corrected chi connectivity index (χ4v) is 5.30. The predicted octanol–water partition coefficient (Wildman–Crippen LogP) is 3.84. The number of hydrogen-bond acceptors (Lipinski definition) is 5. The maximum absolute atomic E-state index is 13.5. The molecule has 4 rings (SSSR count). The van der Waals surface area contributed by atoms with Gasteiger partial charge in [0.15, 0.2) is 0 Å². The van der Waals surface area contributed by atoms with Gasteiger partial charge >= 0.3 is 0 Å². The monoisotopic (exact) mass is 491 g/mol. The number of nitrogens with zero attached hydrogens (tertiary/aromatic N) is 3. The van der Waals surface area contributed by atoms with Crippen molar-refractivity contribution in [1.29, 1.82) is 0 Å². The molecule has 2 aliphatic rings. The molecule has 0 spiro atoms. The van der Waals surface area contributed by atoms with Crippen LogP contribution in [0, 0.1) is 11.8 Å². The first-order chi connectivity index (χ1) is 17.5. The van der Waals surface area contributed by atoms with E-state index in [2.05, 4.69) is 17.1 Å². The van der Waals surface area contributed by atoms with Crippen molar-refractivity contribution in [2.45, 2.75) is 38.1 Å². The van der Waals surface area contributed by atoms with E-state index < -0.39 is 0 Å². The third kappa shape index (κ3) is 6.72. The SMILES string of the molecule is COc1cccc(CC(C2CCN(C(=O)/C=C/c3ccccn3)CC2)N(C)C(=O)C2CCOCC2)c1. The van der Waals surface area contributed by atoms with E-state index in [1.165, 1.54) is 0 Å². The van der Waals surface area contributed by atoms with E-state index in [1.807, 2.05) is 47.2 Å². The molecule has 7 heteroatoms. The Bertz CT molecular complexity index is 1030.